The van der Waals surface area contributed by atoms with E-state index in [1.165, 1.54) is 17.0 Å². The van der Waals surface area contributed by atoms with Gasteiger partial charge in [-0.2, -0.15) is 0 Å². The van der Waals surface area contributed by atoms with Crippen molar-refractivity contribution in [3.8, 4) is 0 Å². The third-order valence-corrected chi connectivity index (χ3v) is 3.57. The molecule has 0 radical (unpaired) electrons. The average molecular weight is 265 g/mol. The Morgan fingerprint density at radius 3 is 2.58 bits per heavy atom. The number of benzene rings is 1. The van der Waals surface area contributed by atoms with Gasteiger partial charge in [0, 0.05) is 13.1 Å². The monoisotopic (exact) mass is 265 g/mol. The summed E-state index contributed by atoms with van der Waals surface area (Å²) in [7, 11) is 0. The lowest BCUT2D eigenvalue weighted by Crippen LogP contribution is -2.30. The van der Waals surface area contributed by atoms with Crippen LogP contribution in [0.15, 0.2) is 18.2 Å². The van der Waals surface area contributed by atoms with Crippen LogP contribution in [-0.4, -0.2) is 35.0 Å². The van der Waals surface area contributed by atoms with Crippen LogP contribution < -0.4 is 0 Å². The zero-order valence-electron chi connectivity index (χ0n) is 10.9. The maximum absolute atomic E-state index is 13.7. The van der Waals surface area contributed by atoms with Crippen molar-refractivity contribution in [1.82, 2.24) is 4.90 Å². The minimum atomic E-state index is -0.910. The molecule has 0 unspecified atom stereocenters. The second-order valence-electron chi connectivity index (χ2n) is 5.12. The van der Waals surface area contributed by atoms with Crippen molar-refractivity contribution in [2.24, 2.45) is 11.8 Å². The van der Waals surface area contributed by atoms with Crippen molar-refractivity contribution in [3.63, 3.8) is 0 Å². The van der Waals surface area contributed by atoms with Gasteiger partial charge in [0.25, 0.3) is 5.91 Å². The SMILES string of the molecule is Cc1ccc(C(=O)N2C[C@@H](C)[C@H](C(=O)O)C2)c(F)c1. The fourth-order valence-corrected chi connectivity index (χ4v) is 2.42. The van der Waals surface area contributed by atoms with E-state index in [2.05, 4.69) is 0 Å². The number of aliphatic carboxylic acids is 1. The summed E-state index contributed by atoms with van der Waals surface area (Å²) in [6.07, 6.45) is 0. The van der Waals surface area contributed by atoms with Gasteiger partial charge in [0.2, 0.25) is 0 Å². The molecule has 4 nitrogen and oxygen atoms in total. The van der Waals surface area contributed by atoms with E-state index in [9.17, 15) is 14.0 Å². The molecule has 1 aliphatic heterocycles. The summed E-state index contributed by atoms with van der Waals surface area (Å²) < 4.78 is 13.7. The fourth-order valence-electron chi connectivity index (χ4n) is 2.42. The third kappa shape index (κ3) is 2.59. The Hall–Kier alpha value is -1.91. The maximum atomic E-state index is 13.7. The average Bonchev–Trinajstić information content (AvgIpc) is 2.70. The summed E-state index contributed by atoms with van der Waals surface area (Å²) in [6, 6.07) is 4.43. The van der Waals surface area contributed by atoms with E-state index >= 15 is 0 Å². The third-order valence-electron chi connectivity index (χ3n) is 3.57. The van der Waals surface area contributed by atoms with E-state index < -0.39 is 23.6 Å². The summed E-state index contributed by atoms with van der Waals surface area (Å²) in [4.78, 5) is 24.6. The van der Waals surface area contributed by atoms with E-state index in [0.717, 1.165) is 5.56 Å². The Kier molecular flexibility index (Phi) is 3.55. The molecule has 2 rings (SSSR count). The van der Waals surface area contributed by atoms with E-state index in [-0.39, 0.29) is 18.0 Å². The number of likely N-dealkylation sites (tertiary alicyclic amines) is 1. The van der Waals surface area contributed by atoms with Crippen molar-refractivity contribution in [3.05, 3.63) is 35.1 Å². The molecule has 1 N–H and O–H groups in total. The van der Waals surface area contributed by atoms with E-state index in [1.54, 1.807) is 19.9 Å². The Morgan fingerprint density at radius 1 is 1.37 bits per heavy atom. The largest absolute Gasteiger partial charge is 0.481 e. The zero-order chi connectivity index (χ0) is 14.2. The van der Waals surface area contributed by atoms with Crippen molar-refractivity contribution in [2.45, 2.75) is 13.8 Å². The number of aryl methyl sites for hydroxylation is 1. The number of nitrogens with zero attached hydrogens (tertiary/aromatic N) is 1. The molecule has 1 amide bonds. The van der Waals surface area contributed by atoms with Crippen LogP contribution >= 0.6 is 0 Å². The summed E-state index contributed by atoms with van der Waals surface area (Å²) in [5.74, 6) is -2.59. The van der Waals surface area contributed by atoms with E-state index in [0.29, 0.717) is 6.54 Å². The Labute approximate surface area is 110 Å². The van der Waals surface area contributed by atoms with Crippen molar-refractivity contribution in [2.75, 3.05) is 13.1 Å². The first-order valence-corrected chi connectivity index (χ1v) is 6.18. The highest BCUT2D eigenvalue weighted by Crippen LogP contribution is 2.25. The lowest BCUT2D eigenvalue weighted by molar-refractivity contribution is -0.142. The number of halogens is 1. The number of hydrogen-bond donors (Lipinski definition) is 1. The summed E-state index contributed by atoms with van der Waals surface area (Å²) in [6.45, 7) is 4.03. The van der Waals surface area contributed by atoms with Crippen LogP contribution in [0.2, 0.25) is 0 Å². The van der Waals surface area contributed by atoms with Crippen molar-refractivity contribution in [1.29, 1.82) is 0 Å². The number of carboxylic acid groups (broad SMARTS) is 1. The molecule has 1 aliphatic rings. The van der Waals surface area contributed by atoms with Gasteiger partial charge in [-0.15, -0.1) is 0 Å². The molecule has 0 saturated carbocycles. The smallest absolute Gasteiger partial charge is 0.308 e. The van der Waals surface area contributed by atoms with Crippen LogP contribution in [0.1, 0.15) is 22.8 Å². The summed E-state index contributed by atoms with van der Waals surface area (Å²) >= 11 is 0. The molecule has 1 heterocycles. The number of hydrogen-bond acceptors (Lipinski definition) is 2. The lowest BCUT2D eigenvalue weighted by Gasteiger charge is -2.16. The number of amides is 1. The predicted molar refractivity (Wildman–Crippen MR) is 67.3 cm³/mol. The normalized spacial score (nSPS) is 22.6. The molecular weight excluding hydrogens is 249 g/mol. The van der Waals surface area contributed by atoms with E-state index in [1.807, 2.05) is 0 Å². The molecule has 0 bridgehead atoms. The molecule has 1 aromatic carbocycles. The summed E-state index contributed by atoms with van der Waals surface area (Å²) in [5, 5.41) is 9.03. The molecule has 0 aromatic heterocycles. The van der Waals surface area contributed by atoms with E-state index in [4.69, 9.17) is 5.11 Å². The maximum Gasteiger partial charge on any atom is 0.308 e. The van der Waals surface area contributed by atoms with Crippen LogP contribution in [-0.2, 0) is 4.79 Å². The molecule has 1 saturated heterocycles. The fraction of sp³-hybridized carbons (Fsp3) is 0.429. The van der Waals surface area contributed by atoms with Crippen molar-refractivity contribution >= 4 is 11.9 Å². The second kappa shape index (κ2) is 4.99. The summed E-state index contributed by atoms with van der Waals surface area (Å²) in [5.41, 5.74) is 0.746. The Morgan fingerprint density at radius 2 is 2.05 bits per heavy atom. The molecule has 0 spiro atoms. The second-order valence-corrected chi connectivity index (χ2v) is 5.12. The first-order chi connectivity index (χ1) is 8.90. The predicted octanol–water partition coefficient (Wildman–Crippen LogP) is 1.93. The Bertz CT molecular complexity index is 529. The number of carboxylic acids is 1. The minimum absolute atomic E-state index is 0.00355. The van der Waals surface area contributed by atoms with Crippen LogP contribution in [0.25, 0.3) is 0 Å². The molecule has 102 valence electrons. The standard InChI is InChI=1S/C14H16FNO3/c1-8-3-4-10(12(15)5-8)13(17)16-6-9(2)11(7-16)14(18)19/h3-5,9,11H,6-7H2,1-2H3,(H,18,19)/t9-,11-/m1/s1. The lowest BCUT2D eigenvalue weighted by atomic mass is 9.99. The van der Waals surface area contributed by atoms with Gasteiger partial charge in [-0.25, -0.2) is 4.39 Å². The molecule has 2 atom stereocenters. The van der Waals surface area contributed by atoms with Gasteiger partial charge in [-0.1, -0.05) is 13.0 Å². The highest BCUT2D eigenvalue weighted by atomic mass is 19.1. The Balaban J connectivity index is 2.19. The van der Waals surface area contributed by atoms with Gasteiger partial charge in [-0.3, -0.25) is 9.59 Å². The topological polar surface area (TPSA) is 57.6 Å². The van der Waals surface area contributed by atoms with Gasteiger partial charge in [0.05, 0.1) is 11.5 Å². The van der Waals surface area contributed by atoms with Gasteiger partial charge in [0.1, 0.15) is 5.82 Å². The van der Waals surface area contributed by atoms with Crippen LogP contribution in [0, 0.1) is 24.6 Å². The van der Waals surface area contributed by atoms with Gasteiger partial charge in [0.15, 0.2) is 0 Å². The number of carbonyl (C=O) groups is 2. The molecule has 0 aliphatic carbocycles. The van der Waals surface area contributed by atoms with Gasteiger partial charge in [-0.05, 0) is 30.5 Å². The van der Waals surface area contributed by atoms with Gasteiger partial charge >= 0.3 is 5.97 Å². The molecule has 19 heavy (non-hydrogen) atoms. The minimum Gasteiger partial charge on any atom is -0.481 e. The number of rotatable bonds is 2. The van der Waals surface area contributed by atoms with Crippen molar-refractivity contribution < 1.29 is 19.1 Å². The highest BCUT2D eigenvalue weighted by Gasteiger charge is 2.37. The van der Waals surface area contributed by atoms with Gasteiger partial charge < -0.3 is 10.0 Å². The first-order valence-electron chi connectivity index (χ1n) is 6.18. The number of carbonyl (C=O) groups excluding carboxylic acids is 1. The first kappa shape index (κ1) is 13.5. The molecule has 1 aromatic rings. The quantitative estimate of drug-likeness (QED) is 0.888. The highest BCUT2D eigenvalue weighted by molar-refractivity contribution is 5.95. The van der Waals surface area contributed by atoms with Crippen LogP contribution in [0.3, 0.4) is 0 Å². The zero-order valence-corrected chi connectivity index (χ0v) is 10.9. The van der Waals surface area contributed by atoms with Crippen LogP contribution in [0.5, 0.6) is 0 Å². The molecular formula is C14H16FNO3. The molecule has 1 fully saturated rings. The molecule has 5 heteroatoms. The van der Waals surface area contributed by atoms with Crippen LogP contribution in [0.4, 0.5) is 4.39 Å².